The van der Waals surface area contributed by atoms with Crippen molar-refractivity contribution in [3.8, 4) is 5.69 Å². The van der Waals surface area contributed by atoms with Gasteiger partial charge in [0.2, 0.25) is 0 Å². The predicted octanol–water partition coefficient (Wildman–Crippen LogP) is 4.96. The monoisotopic (exact) mass is 496 g/mol. The van der Waals surface area contributed by atoms with Gasteiger partial charge >= 0.3 is 6.18 Å². The molecule has 0 aliphatic heterocycles. The van der Waals surface area contributed by atoms with Crippen LogP contribution >= 0.6 is 11.8 Å². The number of carbonyl (C=O) groups is 1. The van der Waals surface area contributed by atoms with Crippen LogP contribution in [-0.4, -0.2) is 27.4 Å². The van der Waals surface area contributed by atoms with E-state index in [1.807, 2.05) is 31.2 Å². The smallest absolute Gasteiger partial charge is 0.272 e. The molecule has 6 nitrogen and oxygen atoms in total. The lowest BCUT2D eigenvalue weighted by Crippen LogP contribution is -2.24. The van der Waals surface area contributed by atoms with Gasteiger partial charge in [-0.1, -0.05) is 54.2 Å². The second-order valence-electron chi connectivity index (χ2n) is 7.54. The van der Waals surface area contributed by atoms with Crippen molar-refractivity contribution < 1.29 is 18.0 Å². The van der Waals surface area contributed by atoms with E-state index in [4.69, 9.17) is 0 Å². The lowest BCUT2D eigenvalue weighted by atomic mass is 10.1. The SMILES string of the molecule is Cc1ccccc1-n1c(SCC(=O)NN=Cc2ccc(C(F)(F)F)cc2)nc2ccccc2c1=O. The summed E-state index contributed by atoms with van der Waals surface area (Å²) in [7, 11) is 0. The van der Waals surface area contributed by atoms with Crippen LogP contribution in [0.2, 0.25) is 0 Å². The summed E-state index contributed by atoms with van der Waals surface area (Å²) in [6.45, 7) is 1.88. The number of nitrogens with zero attached hydrogens (tertiary/aromatic N) is 3. The van der Waals surface area contributed by atoms with Gasteiger partial charge in [-0.05, 0) is 48.4 Å². The first-order chi connectivity index (χ1) is 16.7. The average molecular weight is 497 g/mol. The Morgan fingerprint density at radius 2 is 1.74 bits per heavy atom. The van der Waals surface area contributed by atoms with Crippen molar-refractivity contribution in [2.24, 2.45) is 5.10 Å². The van der Waals surface area contributed by atoms with Crippen LogP contribution in [0.4, 0.5) is 13.2 Å². The van der Waals surface area contributed by atoms with E-state index in [9.17, 15) is 22.8 Å². The number of rotatable bonds is 6. The van der Waals surface area contributed by atoms with E-state index in [0.29, 0.717) is 27.3 Å². The first-order valence-electron chi connectivity index (χ1n) is 10.4. The predicted molar refractivity (Wildman–Crippen MR) is 130 cm³/mol. The highest BCUT2D eigenvalue weighted by Crippen LogP contribution is 2.29. The van der Waals surface area contributed by atoms with E-state index in [-0.39, 0.29) is 11.3 Å². The Balaban J connectivity index is 1.51. The third-order valence-corrected chi connectivity index (χ3v) is 6.01. The third kappa shape index (κ3) is 5.60. The van der Waals surface area contributed by atoms with Crippen LogP contribution in [0.3, 0.4) is 0 Å². The minimum absolute atomic E-state index is 0.0823. The average Bonchev–Trinajstić information content (AvgIpc) is 2.83. The fourth-order valence-corrected chi connectivity index (χ4v) is 4.13. The van der Waals surface area contributed by atoms with Crippen LogP contribution in [0.25, 0.3) is 16.6 Å². The molecule has 3 aromatic carbocycles. The zero-order valence-electron chi connectivity index (χ0n) is 18.4. The molecule has 1 aromatic heterocycles. The molecule has 0 aliphatic rings. The molecular formula is C25H19F3N4O2S. The molecule has 0 spiro atoms. The lowest BCUT2D eigenvalue weighted by Gasteiger charge is -2.14. The number of fused-ring (bicyclic) bond motifs is 1. The Morgan fingerprint density at radius 1 is 1.06 bits per heavy atom. The molecule has 178 valence electrons. The Kier molecular flexibility index (Phi) is 7.02. The summed E-state index contributed by atoms with van der Waals surface area (Å²) in [5.74, 6) is -0.544. The van der Waals surface area contributed by atoms with Gasteiger partial charge < -0.3 is 0 Å². The van der Waals surface area contributed by atoms with Crippen molar-refractivity contribution in [3.63, 3.8) is 0 Å². The number of benzene rings is 3. The minimum Gasteiger partial charge on any atom is -0.272 e. The van der Waals surface area contributed by atoms with Crippen molar-refractivity contribution in [2.45, 2.75) is 18.3 Å². The topological polar surface area (TPSA) is 76.3 Å². The standard InChI is InChI=1S/C25H19F3N4O2S/c1-16-6-2-5-9-21(16)32-23(34)19-7-3-4-8-20(19)30-24(32)35-15-22(33)31-29-14-17-10-12-18(13-11-17)25(26,27)28/h2-14H,15H2,1H3,(H,31,33). The van der Waals surface area contributed by atoms with Crippen molar-refractivity contribution >= 4 is 34.8 Å². The van der Waals surface area contributed by atoms with Gasteiger partial charge in [-0.15, -0.1) is 0 Å². The molecule has 0 radical (unpaired) electrons. The highest BCUT2D eigenvalue weighted by molar-refractivity contribution is 7.99. The van der Waals surface area contributed by atoms with Crippen LogP contribution < -0.4 is 11.0 Å². The largest absolute Gasteiger partial charge is 0.416 e. The molecule has 1 heterocycles. The lowest BCUT2D eigenvalue weighted by molar-refractivity contribution is -0.137. The summed E-state index contributed by atoms with van der Waals surface area (Å²) in [5, 5.41) is 4.62. The maximum Gasteiger partial charge on any atom is 0.416 e. The zero-order valence-corrected chi connectivity index (χ0v) is 19.2. The van der Waals surface area contributed by atoms with Crippen molar-refractivity contribution in [3.05, 3.63) is 99.8 Å². The number of aromatic nitrogens is 2. The summed E-state index contributed by atoms with van der Waals surface area (Å²) in [4.78, 5) is 30.2. The normalized spacial score (nSPS) is 11.8. The number of nitrogens with one attached hydrogen (secondary N) is 1. The van der Waals surface area contributed by atoms with Crippen molar-refractivity contribution in [1.82, 2.24) is 15.0 Å². The first-order valence-corrected chi connectivity index (χ1v) is 11.4. The van der Waals surface area contributed by atoms with Crippen LogP contribution in [0.15, 0.2) is 87.8 Å². The summed E-state index contributed by atoms with van der Waals surface area (Å²) in [5.41, 5.74) is 3.79. The van der Waals surface area contributed by atoms with Gasteiger partial charge in [0.15, 0.2) is 5.16 Å². The van der Waals surface area contributed by atoms with E-state index < -0.39 is 17.6 Å². The van der Waals surface area contributed by atoms with Gasteiger partial charge in [-0.2, -0.15) is 18.3 Å². The number of halogens is 3. The summed E-state index contributed by atoms with van der Waals surface area (Å²) >= 11 is 1.08. The van der Waals surface area contributed by atoms with E-state index in [1.54, 1.807) is 24.3 Å². The second-order valence-corrected chi connectivity index (χ2v) is 8.48. The number of alkyl halides is 3. The van der Waals surface area contributed by atoms with E-state index in [1.165, 1.54) is 22.9 Å². The number of thioether (sulfide) groups is 1. The van der Waals surface area contributed by atoms with E-state index in [0.717, 1.165) is 29.5 Å². The summed E-state index contributed by atoms with van der Waals surface area (Å²) in [6.07, 6.45) is -3.17. The first kappa shape index (κ1) is 24.2. The Labute approximate surface area is 202 Å². The number of aryl methyl sites for hydroxylation is 1. The molecule has 0 aliphatic carbocycles. The number of amides is 1. The molecule has 4 rings (SSSR count). The van der Waals surface area contributed by atoms with Crippen LogP contribution in [0.5, 0.6) is 0 Å². The quantitative estimate of drug-likeness (QED) is 0.177. The molecule has 0 saturated heterocycles. The third-order valence-electron chi connectivity index (χ3n) is 5.07. The number of hydrogen-bond donors (Lipinski definition) is 1. The van der Waals surface area contributed by atoms with Crippen LogP contribution in [0, 0.1) is 6.92 Å². The van der Waals surface area contributed by atoms with Crippen LogP contribution in [-0.2, 0) is 11.0 Å². The number of hydrazone groups is 1. The molecule has 1 amide bonds. The van der Waals surface area contributed by atoms with Gasteiger partial charge in [-0.25, -0.2) is 10.4 Å². The highest BCUT2D eigenvalue weighted by atomic mass is 32.2. The second kappa shape index (κ2) is 10.1. The fraction of sp³-hybridized carbons (Fsp3) is 0.120. The Bertz CT molecular complexity index is 1460. The highest BCUT2D eigenvalue weighted by Gasteiger charge is 2.29. The maximum atomic E-state index is 13.3. The van der Waals surface area contributed by atoms with Crippen molar-refractivity contribution in [2.75, 3.05) is 5.75 Å². The van der Waals surface area contributed by atoms with Gasteiger partial charge in [0.25, 0.3) is 11.5 Å². The van der Waals surface area contributed by atoms with Gasteiger partial charge in [0, 0.05) is 0 Å². The number of hydrogen-bond acceptors (Lipinski definition) is 5. The molecule has 0 atom stereocenters. The molecule has 0 saturated carbocycles. The molecule has 1 N–H and O–H groups in total. The molecule has 4 aromatic rings. The molecule has 0 fully saturated rings. The Hall–Kier alpha value is -3.92. The minimum atomic E-state index is -4.42. The summed E-state index contributed by atoms with van der Waals surface area (Å²) < 4.78 is 39.4. The summed E-state index contributed by atoms with van der Waals surface area (Å²) in [6, 6.07) is 18.8. The van der Waals surface area contributed by atoms with Gasteiger partial charge in [0.1, 0.15) is 0 Å². The maximum absolute atomic E-state index is 13.3. The number of carbonyl (C=O) groups excluding carboxylic acids is 1. The molecular weight excluding hydrogens is 477 g/mol. The van der Waals surface area contributed by atoms with Gasteiger partial charge in [-0.3, -0.25) is 14.2 Å². The van der Waals surface area contributed by atoms with Gasteiger partial charge in [0.05, 0.1) is 34.1 Å². The van der Waals surface area contributed by atoms with Crippen molar-refractivity contribution in [1.29, 1.82) is 0 Å². The molecule has 35 heavy (non-hydrogen) atoms. The molecule has 0 bridgehead atoms. The van der Waals surface area contributed by atoms with E-state index >= 15 is 0 Å². The molecule has 10 heteroatoms. The zero-order chi connectivity index (χ0) is 25.0. The fourth-order valence-electron chi connectivity index (χ4n) is 3.34. The van der Waals surface area contributed by atoms with E-state index in [2.05, 4.69) is 15.5 Å². The molecule has 0 unspecified atom stereocenters. The van der Waals surface area contributed by atoms with Crippen LogP contribution in [0.1, 0.15) is 16.7 Å². The number of para-hydroxylation sites is 2. The Morgan fingerprint density at radius 3 is 2.46 bits per heavy atom.